The minimum Gasteiger partial charge on any atom is -0.343 e. The molecule has 0 N–H and O–H groups in total. The highest BCUT2D eigenvalue weighted by Gasteiger charge is 2.15. The summed E-state index contributed by atoms with van der Waals surface area (Å²) in [5.74, 6) is 0.176. The van der Waals surface area contributed by atoms with Crippen molar-refractivity contribution in [2.75, 3.05) is 7.05 Å². The van der Waals surface area contributed by atoms with Gasteiger partial charge < -0.3 is 4.90 Å². The Morgan fingerprint density at radius 3 is 2.92 bits per heavy atom. The molecule has 0 fully saturated rings. The molecule has 2 heteroatoms. The number of carbonyl (C=O) groups is 1. The molecular formula is C10H17NO. The first-order chi connectivity index (χ1) is 5.72. The Labute approximate surface area is 74.2 Å². The van der Waals surface area contributed by atoms with E-state index in [9.17, 15) is 4.79 Å². The highest BCUT2D eigenvalue weighted by Crippen LogP contribution is 2.16. The molecular weight excluding hydrogens is 150 g/mol. The third-order valence-corrected chi connectivity index (χ3v) is 2.53. The van der Waals surface area contributed by atoms with Crippen molar-refractivity contribution in [3.63, 3.8) is 0 Å². The van der Waals surface area contributed by atoms with E-state index >= 15 is 0 Å². The van der Waals surface area contributed by atoms with E-state index in [0.29, 0.717) is 6.04 Å². The molecule has 1 atom stereocenters. The Balaban J connectivity index is 2.49. The Kier molecular flexibility index (Phi) is 3.32. The number of amides is 1. The van der Waals surface area contributed by atoms with Crippen LogP contribution >= 0.6 is 0 Å². The maximum atomic E-state index is 11.1. The highest BCUT2D eigenvalue weighted by atomic mass is 16.2. The normalized spacial score (nSPS) is 23.3. The summed E-state index contributed by atoms with van der Waals surface area (Å²) in [6.45, 7) is 1.63. The predicted molar refractivity (Wildman–Crippen MR) is 49.8 cm³/mol. The maximum Gasteiger partial charge on any atom is 0.219 e. The molecule has 0 saturated carbocycles. The van der Waals surface area contributed by atoms with Crippen molar-refractivity contribution in [2.24, 2.45) is 0 Å². The first-order valence-corrected chi connectivity index (χ1v) is 4.60. The van der Waals surface area contributed by atoms with E-state index < -0.39 is 0 Å². The minimum absolute atomic E-state index is 0.176. The largest absolute Gasteiger partial charge is 0.343 e. The number of allylic oxidation sites excluding steroid dienone is 1. The zero-order valence-electron chi connectivity index (χ0n) is 7.92. The van der Waals surface area contributed by atoms with Crippen molar-refractivity contribution in [1.82, 2.24) is 4.90 Å². The Morgan fingerprint density at radius 1 is 1.50 bits per heavy atom. The summed E-state index contributed by atoms with van der Waals surface area (Å²) in [4.78, 5) is 12.9. The standard InChI is InChI=1S/C10H17NO/c1-9(12)11(2)10-7-5-3-4-6-8-10/h3,5,10H,4,6-8H2,1-2H3. The molecule has 1 aliphatic rings. The van der Waals surface area contributed by atoms with E-state index in [1.54, 1.807) is 6.92 Å². The van der Waals surface area contributed by atoms with Crippen LogP contribution in [0.3, 0.4) is 0 Å². The maximum absolute atomic E-state index is 11.1. The fraction of sp³-hybridized carbons (Fsp3) is 0.700. The Morgan fingerprint density at radius 2 is 2.25 bits per heavy atom. The molecule has 1 amide bonds. The van der Waals surface area contributed by atoms with Gasteiger partial charge in [0, 0.05) is 20.0 Å². The molecule has 0 saturated heterocycles. The van der Waals surface area contributed by atoms with Gasteiger partial charge in [-0.1, -0.05) is 12.2 Å². The number of hydrogen-bond donors (Lipinski definition) is 0. The number of carbonyl (C=O) groups excluding carboxylic acids is 1. The second-order valence-electron chi connectivity index (χ2n) is 3.42. The fourth-order valence-electron chi connectivity index (χ4n) is 1.57. The third-order valence-electron chi connectivity index (χ3n) is 2.53. The van der Waals surface area contributed by atoms with Gasteiger partial charge in [-0.3, -0.25) is 4.79 Å². The lowest BCUT2D eigenvalue weighted by atomic mass is 10.1. The van der Waals surface area contributed by atoms with Crippen molar-refractivity contribution in [1.29, 1.82) is 0 Å². The topological polar surface area (TPSA) is 20.3 Å². The fourth-order valence-corrected chi connectivity index (χ4v) is 1.57. The molecule has 1 unspecified atom stereocenters. The lowest BCUT2D eigenvalue weighted by Crippen LogP contribution is -2.34. The molecule has 0 radical (unpaired) electrons. The number of rotatable bonds is 1. The van der Waals surface area contributed by atoms with E-state index in [2.05, 4.69) is 12.2 Å². The van der Waals surface area contributed by atoms with Gasteiger partial charge in [0.15, 0.2) is 0 Å². The van der Waals surface area contributed by atoms with Gasteiger partial charge in [0.1, 0.15) is 0 Å². The van der Waals surface area contributed by atoms with Gasteiger partial charge in [0.05, 0.1) is 0 Å². The van der Waals surface area contributed by atoms with Crippen molar-refractivity contribution in [3.8, 4) is 0 Å². The monoisotopic (exact) mass is 167 g/mol. The summed E-state index contributed by atoms with van der Waals surface area (Å²) in [6, 6.07) is 0.432. The Hall–Kier alpha value is -0.790. The van der Waals surface area contributed by atoms with Crippen LogP contribution in [-0.2, 0) is 4.79 Å². The van der Waals surface area contributed by atoms with Gasteiger partial charge in [0.2, 0.25) is 5.91 Å². The van der Waals surface area contributed by atoms with E-state index in [1.165, 1.54) is 12.8 Å². The summed E-state index contributed by atoms with van der Waals surface area (Å²) in [5, 5.41) is 0. The molecule has 0 spiro atoms. The van der Waals surface area contributed by atoms with E-state index in [0.717, 1.165) is 12.8 Å². The molecule has 0 heterocycles. The SMILES string of the molecule is CC(=O)N(C)C1CC=CCCC1. The molecule has 0 aliphatic heterocycles. The van der Waals surface area contributed by atoms with Crippen LogP contribution in [-0.4, -0.2) is 23.9 Å². The van der Waals surface area contributed by atoms with Crippen molar-refractivity contribution in [2.45, 2.75) is 38.6 Å². The quantitative estimate of drug-likeness (QED) is 0.547. The van der Waals surface area contributed by atoms with Gasteiger partial charge in [-0.15, -0.1) is 0 Å². The number of nitrogens with zero attached hydrogens (tertiary/aromatic N) is 1. The van der Waals surface area contributed by atoms with Crippen LogP contribution in [0.25, 0.3) is 0 Å². The summed E-state index contributed by atoms with van der Waals surface area (Å²) >= 11 is 0. The van der Waals surface area contributed by atoms with Crippen LogP contribution < -0.4 is 0 Å². The highest BCUT2D eigenvalue weighted by molar-refractivity contribution is 5.73. The van der Waals surface area contributed by atoms with Crippen LogP contribution in [0.1, 0.15) is 32.6 Å². The summed E-state index contributed by atoms with van der Waals surface area (Å²) < 4.78 is 0. The average molecular weight is 167 g/mol. The minimum atomic E-state index is 0.176. The van der Waals surface area contributed by atoms with E-state index in [1.807, 2.05) is 11.9 Å². The molecule has 12 heavy (non-hydrogen) atoms. The van der Waals surface area contributed by atoms with Crippen LogP contribution in [0, 0.1) is 0 Å². The second kappa shape index (κ2) is 4.29. The molecule has 0 aromatic carbocycles. The van der Waals surface area contributed by atoms with Crippen LogP contribution in [0.4, 0.5) is 0 Å². The van der Waals surface area contributed by atoms with E-state index in [-0.39, 0.29) is 5.91 Å². The lowest BCUT2D eigenvalue weighted by Gasteiger charge is -2.25. The van der Waals surface area contributed by atoms with Gasteiger partial charge >= 0.3 is 0 Å². The van der Waals surface area contributed by atoms with Crippen LogP contribution in [0.2, 0.25) is 0 Å². The van der Waals surface area contributed by atoms with Gasteiger partial charge in [-0.25, -0.2) is 0 Å². The first-order valence-electron chi connectivity index (χ1n) is 4.60. The predicted octanol–water partition coefficient (Wildman–Crippen LogP) is 1.96. The van der Waals surface area contributed by atoms with Crippen LogP contribution in [0.5, 0.6) is 0 Å². The molecule has 1 aliphatic carbocycles. The Bertz CT molecular complexity index is 186. The first kappa shape index (κ1) is 9.30. The zero-order chi connectivity index (χ0) is 8.97. The van der Waals surface area contributed by atoms with Crippen molar-refractivity contribution in [3.05, 3.63) is 12.2 Å². The molecule has 0 aromatic heterocycles. The molecule has 1 rings (SSSR count). The number of hydrogen-bond acceptors (Lipinski definition) is 1. The molecule has 0 aromatic rings. The van der Waals surface area contributed by atoms with E-state index in [4.69, 9.17) is 0 Å². The van der Waals surface area contributed by atoms with Crippen molar-refractivity contribution < 1.29 is 4.79 Å². The molecule has 68 valence electrons. The lowest BCUT2D eigenvalue weighted by molar-refractivity contribution is -0.129. The summed E-state index contributed by atoms with van der Waals surface area (Å²) in [7, 11) is 1.90. The average Bonchev–Trinajstić information content (AvgIpc) is 2.30. The summed E-state index contributed by atoms with van der Waals surface area (Å²) in [6.07, 6.45) is 8.95. The molecule has 2 nitrogen and oxygen atoms in total. The van der Waals surface area contributed by atoms with Crippen LogP contribution in [0.15, 0.2) is 12.2 Å². The third kappa shape index (κ3) is 2.36. The van der Waals surface area contributed by atoms with Crippen molar-refractivity contribution >= 4 is 5.91 Å². The van der Waals surface area contributed by atoms with Gasteiger partial charge in [-0.05, 0) is 25.7 Å². The van der Waals surface area contributed by atoms with Gasteiger partial charge in [0.25, 0.3) is 0 Å². The van der Waals surface area contributed by atoms with Gasteiger partial charge in [-0.2, -0.15) is 0 Å². The zero-order valence-corrected chi connectivity index (χ0v) is 7.92. The second-order valence-corrected chi connectivity index (χ2v) is 3.42. The smallest absolute Gasteiger partial charge is 0.219 e. The molecule has 0 bridgehead atoms. The summed E-state index contributed by atoms with van der Waals surface area (Å²) in [5.41, 5.74) is 0.